The Morgan fingerprint density at radius 2 is 1.71 bits per heavy atom. The molecule has 0 saturated heterocycles. The molecule has 2 heterocycles. The number of aryl methyl sites for hydroxylation is 1. The van der Waals surface area contributed by atoms with Crippen molar-refractivity contribution in [2.45, 2.75) is 31.9 Å². The van der Waals surface area contributed by atoms with Crippen LogP contribution in [0.5, 0.6) is 11.5 Å². The molecule has 1 atom stereocenters. The van der Waals surface area contributed by atoms with Crippen LogP contribution >= 0.6 is 0 Å². The standard InChI is InChI=1S/C21H20F6N4O3/c1-11-29-14-8-15(33-3)16(34-18(10-32-2)21(25,26)27)7-13(14)19(30-11)28-9-12-5-4-6-17(31-12)20(22,23)24/h4-8,18H,9-10H2,1-3H3,(H,28,29,30). The molecule has 1 unspecified atom stereocenters. The van der Waals surface area contributed by atoms with Crippen LogP contribution in [0.4, 0.5) is 32.2 Å². The summed E-state index contributed by atoms with van der Waals surface area (Å²) in [5, 5.41) is 3.14. The van der Waals surface area contributed by atoms with Crippen molar-refractivity contribution in [1.29, 1.82) is 0 Å². The Hall–Kier alpha value is -3.35. The minimum absolute atomic E-state index is 0.00134. The van der Waals surface area contributed by atoms with E-state index in [0.29, 0.717) is 11.3 Å². The minimum atomic E-state index is -4.71. The maximum absolute atomic E-state index is 13.3. The summed E-state index contributed by atoms with van der Waals surface area (Å²) in [7, 11) is 2.37. The molecule has 7 nitrogen and oxygen atoms in total. The molecule has 1 aromatic carbocycles. The number of nitrogens with zero attached hydrogens (tertiary/aromatic N) is 3. The summed E-state index contributed by atoms with van der Waals surface area (Å²) in [6, 6.07) is 6.12. The number of ether oxygens (including phenoxy) is 3. The number of methoxy groups -OCH3 is 2. The van der Waals surface area contributed by atoms with Crippen LogP contribution in [0.15, 0.2) is 30.3 Å². The molecule has 2 aromatic heterocycles. The zero-order valence-electron chi connectivity index (χ0n) is 18.2. The molecule has 3 rings (SSSR count). The number of nitrogens with one attached hydrogen (secondary N) is 1. The van der Waals surface area contributed by atoms with Crippen molar-refractivity contribution in [3.63, 3.8) is 0 Å². The normalized spacial score (nSPS) is 13.1. The molecule has 0 aliphatic heterocycles. The van der Waals surface area contributed by atoms with Gasteiger partial charge in [-0.25, -0.2) is 15.0 Å². The first kappa shape index (κ1) is 25.3. The van der Waals surface area contributed by atoms with Gasteiger partial charge in [-0.15, -0.1) is 0 Å². The number of halogens is 6. The Kier molecular flexibility index (Phi) is 7.34. The molecule has 1 N–H and O–H groups in total. The Morgan fingerprint density at radius 1 is 0.971 bits per heavy atom. The Labute approximate surface area is 190 Å². The molecular formula is C21H20F6N4O3. The number of alkyl halides is 6. The summed E-state index contributed by atoms with van der Waals surface area (Å²) in [4.78, 5) is 12.1. The molecular weight excluding hydrogens is 470 g/mol. The highest BCUT2D eigenvalue weighted by molar-refractivity contribution is 5.91. The monoisotopic (exact) mass is 490 g/mol. The van der Waals surface area contributed by atoms with Gasteiger partial charge in [-0.1, -0.05) is 6.07 Å². The molecule has 0 aliphatic carbocycles. The van der Waals surface area contributed by atoms with Crippen LogP contribution in [0.2, 0.25) is 0 Å². The van der Waals surface area contributed by atoms with Gasteiger partial charge < -0.3 is 19.5 Å². The summed E-state index contributed by atoms with van der Waals surface area (Å²) in [6.45, 7) is 0.705. The lowest BCUT2D eigenvalue weighted by molar-refractivity contribution is -0.206. The van der Waals surface area contributed by atoms with Gasteiger partial charge in [0.15, 0.2) is 11.5 Å². The zero-order chi connectivity index (χ0) is 25.1. The molecule has 0 bridgehead atoms. The number of benzene rings is 1. The van der Waals surface area contributed by atoms with Gasteiger partial charge in [0, 0.05) is 18.6 Å². The van der Waals surface area contributed by atoms with E-state index in [0.717, 1.165) is 13.2 Å². The van der Waals surface area contributed by atoms with Crippen molar-refractivity contribution in [2.75, 3.05) is 26.1 Å². The van der Waals surface area contributed by atoms with Crippen molar-refractivity contribution in [1.82, 2.24) is 15.0 Å². The molecule has 0 amide bonds. The number of fused-ring (bicyclic) bond motifs is 1. The van der Waals surface area contributed by atoms with E-state index in [1.165, 1.54) is 31.4 Å². The molecule has 0 fully saturated rings. The number of rotatable bonds is 8. The van der Waals surface area contributed by atoms with Crippen LogP contribution in [-0.2, 0) is 17.5 Å². The van der Waals surface area contributed by atoms with Crippen LogP contribution in [0.3, 0.4) is 0 Å². The minimum Gasteiger partial charge on any atom is -0.493 e. The van der Waals surface area contributed by atoms with Gasteiger partial charge in [-0.2, -0.15) is 26.3 Å². The second kappa shape index (κ2) is 9.87. The lowest BCUT2D eigenvalue weighted by Gasteiger charge is -2.22. The lowest BCUT2D eigenvalue weighted by atomic mass is 10.2. The average molecular weight is 490 g/mol. The maximum atomic E-state index is 13.3. The van der Waals surface area contributed by atoms with Crippen LogP contribution in [0.25, 0.3) is 10.9 Å². The number of pyridine rings is 1. The smallest absolute Gasteiger partial charge is 0.433 e. The van der Waals surface area contributed by atoms with E-state index in [1.807, 2.05) is 0 Å². The predicted octanol–water partition coefficient (Wildman–Crippen LogP) is 4.93. The highest BCUT2D eigenvalue weighted by Gasteiger charge is 2.42. The molecule has 3 aromatic rings. The van der Waals surface area contributed by atoms with Crippen LogP contribution in [0, 0.1) is 6.92 Å². The highest BCUT2D eigenvalue weighted by atomic mass is 19.4. The van der Waals surface area contributed by atoms with Crippen LogP contribution in [-0.4, -0.2) is 48.1 Å². The predicted molar refractivity (Wildman–Crippen MR) is 110 cm³/mol. The quantitative estimate of drug-likeness (QED) is 0.449. The first-order chi connectivity index (χ1) is 15.9. The second-order valence-corrected chi connectivity index (χ2v) is 7.11. The third kappa shape index (κ3) is 5.95. The molecule has 184 valence electrons. The summed E-state index contributed by atoms with van der Waals surface area (Å²) >= 11 is 0. The van der Waals surface area contributed by atoms with Crippen molar-refractivity contribution in [3.8, 4) is 11.5 Å². The van der Waals surface area contributed by atoms with E-state index in [-0.39, 0.29) is 34.9 Å². The van der Waals surface area contributed by atoms with Gasteiger partial charge in [0.1, 0.15) is 17.3 Å². The largest absolute Gasteiger partial charge is 0.493 e. The summed E-state index contributed by atoms with van der Waals surface area (Å²) < 4.78 is 93.7. The van der Waals surface area contributed by atoms with Gasteiger partial charge in [-0.05, 0) is 25.1 Å². The Bertz CT molecular complexity index is 1150. The van der Waals surface area contributed by atoms with Gasteiger partial charge in [0.05, 0.1) is 31.5 Å². The fourth-order valence-corrected chi connectivity index (χ4v) is 3.05. The third-order valence-corrected chi connectivity index (χ3v) is 4.58. The molecule has 34 heavy (non-hydrogen) atoms. The van der Waals surface area contributed by atoms with E-state index in [4.69, 9.17) is 9.47 Å². The van der Waals surface area contributed by atoms with E-state index in [1.54, 1.807) is 6.92 Å². The van der Waals surface area contributed by atoms with Gasteiger partial charge in [0.2, 0.25) is 6.10 Å². The average Bonchev–Trinajstić information content (AvgIpc) is 2.75. The molecule has 13 heteroatoms. The van der Waals surface area contributed by atoms with E-state index in [9.17, 15) is 26.3 Å². The van der Waals surface area contributed by atoms with Crippen molar-refractivity contribution < 1.29 is 40.6 Å². The maximum Gasteiger partial charge on any atom is 0.433 e. The van der Waals surface area contributed by atoms with Gasteiger partial charge >= 0.3 is 12.4 Å². The second-order valence-electron chi connectivity index (χ2n) is 7.11. The van der Waals surface area contributed by atoms with Crippen LogP contribution in [0.1, 0.15) is 17.2 Å². The first-order valence-electron chi connectivity index (χ1n) is 9.78. The van der Waals surface area contributed by atoms with E-state index in [2.05, 4.69) is 25.0 Å². The fraction of sp³-hybridized carbons (Fsp3) is 0.381. The summed E-state index contributed by atoms with van der Waals surface area (Å²) in [6.07, 6.45) is -11.6. The zero-order valence-corrected chi connectivity index (χ0v) is 18.2. The Morgan fingerprint density at radius 3 is 2.32 bits per heavy atom. The number of anilines is 1. The molecule has 0 aliphatic rings. The first-order valence-corrected chi connectivity index (χ1v) is 9.78. The highest BCUT2D eigenvalue weighted by Crippen LogP contribution is 2.37. The van der Waals surface area contributed by atoms with Gasteiger partial charge in [0.25, 0.3) is 0 Å². The fourth-order valence-electron chi connectivity index (χ4n) is 3.05. The van der Waals surface area contributed by atoms with Crippen molar-refractivity contribution >= 4 is 16.7 Å². The van der Waals surface area contributed by atoms with Crippen molar-refractivity contribution in [3.05, 3.63) is 47.5 Å². The van der Waals surface area contributed by atoms with E-state index < -0.39 is 30.8 Å². The van der Waals surface area contributed by atoms with Crippen molar-refractivity contribution in [2.24, 2.45) is 0 Å². The summed E-state index contributed by atoms with van der Waals surface area (Å²) in [5.41, 5.74) is -0.639. The summed E-state index contributed by atoms with van der Waals surface area (Å²) in [5.74, 6) is 0.253. The Balaban J connectivity index is 1.98. The molecule has 0 spiro atoms. The SMILES string of the molecule is COCC(Oc1cc2c(NCc3cccc(C(F)(F)F)n3)nc(C)nc2cc1OC)C(F)(F)F. The van der Waals surface area contributed by atoms with E-state index >= 15 is 0 Å². The van der Waals surface area contributed by atoms with Crippen LogP contribution < -0.4 is 14.8 Å². The molecule has 0 radical (unpaired) electrons. The molecule has 0 saturated carbocycles. The lowest BCUT2D eigenvalue weighted by Crippen LogP contribution is -2.38. The number of hydrogen-bond donors (Lipinski definition) is 1. The topological polar surface area (TPSA) is 78.4 Å². The number of hydrogen-bond acceptors (Lipinski definition) is 7. The number of aromatic nitrogens is 3. The van der Waals surface area contributed by atoms with Gasteiger partial charge in [-0.3, -0.25) is 0 Å². The third-order valence-electron chi connectivity index (χ3n) is 4.58.